The molecule has 0 saturated heterocycles. The topological polar surface area (TPSA) is 66.3 Å². The molecule has 0 aliphatic heterocycles. The molecule has 1 N–H and O–H groups in total. The second-order valence-electron chi connectivity index (χ2n) is 0.201. The van der Waals surface area contributed by atoms with E-state index >= 15 is 0 Å². The summed E-state index contributed by atoms with van der Waals surface area (Å²) >= 11 is -3.40. The Labute approximate surface area is 89.4 Å². The Morgan fingerprint density at radius 3 is 1.33 bits per heavy atom. The van der Waals surface area contributed by atoms with Crippen molar-refractivity contribution in [1.29, 1.82) is 0 Å². The van der Waals surface area contributed by atoms with Gasteiger partial charge in [0.25, 0.3) is 0 Å². The summed E-state index contributed by atoms with van der Waals surface area (Å²) in [7, 11) is 0. The first kappa shape index (κ1) is 15.7. The molecule has 0 aromatic rings. The predicted octanol–water partition coefficient (Wildman–Crippen LogP) is -8.93. The SMILES string of the molecule is [Cl-].[K+].[O-][Br+2]([O-])O. The van der Waals surface area contributed by atoms with Crippen molar-refractivity contribution < 1.29 is 91.2 Å². The van der Waals surface area contributed by atoms with Crippen molar-refractivity contribution in [2.24, 2.45) is 0 Å². The summed E-state index contributed by atoms with van der Waals surface area (Å²) < 4.78 is 24.3. The van der Waals surface area contributed by atoms with Crippen molar-refractivity contribution >= 4 is 0 Å². The third kappa shape index (κ3) is 33.6. The van der Waals surface area contributed by atoms with Crippen LogP contribution >= 0.6 is 0 Å². The quantitative estimate of drug-likeness (QED) is 0.398. The first-order chi connectivity index (χ1) is 1.73. The number of hydrogen-bond acceptors (Lipinski definition) is 3. The zero-order chi connectivity index (χ0) is 3.58. The van der Waals surface area contributed by atoms with Gasteiger partial charge in [-0.1, -0.05) is 0 Å². The Bertz CT molecular complexity index is 15.5. The van der Waals surface area contributed by atoms with Gasteiger partial charge in [0.1, 0.15) is 0 Å². The molecule has 0 aliphatic rings. The fourth-order valence-corrected chi connectivity index (χ4v) is 0. The van der Waals surface area contributed by atoms with E-state index < -0.39 is 14.8 Å². The molecule has 0 saturated carbocycles. The maximum absolute atomic E-state index is 8.63. The average Bonchev–Trinajstić information content (AvgIpc) is 0.811. The molecule has 6 heavy (non-hydrogen) atoms. The standard InChI is InChI=1S/BrHO3.ClH.K/c2-1(3)4;;/h2H;1H;/q;;+1/p-1. The second-order valence-corrected chi connectivity index (χ2v) is 1.04. The van der Waals surface area contributed by atoms with E-state index in [0.717, 1.165) is 0 Å². The molecule has 0 aliphatic carbocycles. The van der Waals surface area contributed by atoms with Crippen LogP contribution < -0.4 is 72.2 Å². The van der Waals surface area contributed by atoms with E-state index in [4.69, 9.17) is 12.6 Å². The Balaban J connectivity index is -0.0000000450. The van der Waals surface area contributed by atoms with Crippen LogP contribution in [0.3, 0.4) is 0 Å². The minimum absolute atomic E-state index is 0. The van der Waals surface area contributed by atoms with Crippen LogP contribution in [0, 0.1) is 14.8 Å². The van der Waals surface area contributed by atoms with Gasteiger partial charge in [-0.05, 0) is 4.20 Å². The molecular weight excluding hydrogens is 202 g/mol. The molecule has 0 heterocycles. The van der Waals surface area contributed by atoms with Gasteiger partial charge in [-0.3, -0.25) is 0 Å². The summed E-state index contributed by atoms with van der Waals surface area (Å²) in [5.41, 5.74) is 0. The molecule has 0 amide bonds. The molecule has 0 spiro atoms. The molecule has 0 unspecified atom stereocenters. The van der Waals surface area contributed by atoms with Gasteiger partial charge in [-0.2, -0.15) is 0 Å². The van der Waals surface area contributed by atoms with E-state index in [1.807, 2.05) is 0 Å². The molecule has 3 nitrogen and oxygen atoms in total. The van der Waals surface area contributed by atoms with Gasteiger partial charge >= 0.3 is 66.2 Å². The maximum Gasteiger partial charge on any atom is 1.00 e. The molecule has 0 atom stereocenters. The van der Waals surface area contributed by atoms with Crippen molar-refractivity contribution in [1.82, 2.24) is 0 Å². The van der Waals surface area contributed by atoms with Crippen LogP contribution in [0.4, 0.5) is 0 Å². The third-order valence-electron chi connectivity index (χ3n) is 0. The molecule has 34 valence electrons. The fourth-order valence-electron chi connectivity index (χ4n) is 0. The molecule has 6 heteroatoms. The number of halogens is 2. The molecule has 0 radical (unpaired) electrons. The zero-order valence-corrected chi connectivity index (χ0v) is 8.48. The summed E-state index contributed by atoms with van der Waals surface area (Å²) in [6.45, 7) is 0. The summed E-state index contributed by atoms with van der Waals surface area (Å²) in [5.74, 6) is 0. The van der Waals surface area contributed by atoms with Gasteiger partial charge in [0.2, 0.25) is 0 Å². The summed E-state index contributed by atoms with van der Waals surface area (Å²) in [6, 6.07) is 0. The van der Waals surface area contributed by atoms with E-state index in [-0.39, 0.29) is 63.8 Å². The summed E-state index contributed by atoms with van der Waals surface area (Å²) in [6.07, 6.45) is 0. The van der Waals surface area contributed by atoms with Gasteiger partial charge in [0.15, 0.2) is 0 Å². The molecule has 0 bridgehead atoms. The van der Waals surface area contributed by atoms with Crippen LogP contribution in [0.25, 0.3) is 0 Å². The van der Waals surface area contributed by atoms with Crippen LogP contribution in [-0.2, 0) is 0 Å². The Morgan fingerprint density at radius 2 is 1.33 bits per heavy atom. The smallest absolute Gasteiger partial charge is 1.00 e. The normalized spacial score (nSPS) is 6.00. The second kappa shape index (κ2) is 10.3. The van der Waals surface area contributed by atoms with E-state index in [1.165, 1.54) is 0 Å². The summed E-state index contributed by atoms with van der Waals surface area (Å²) in [4.78, 5) is 0. The first-order valence-electron chi connectivity index (χ1n) is 0.478. The van der Waals surface area contributed by atoms with Gasteiger partial charge in [-0.15, -0.1) is 0 Å². The van der Waals surface area contributed by atoms with Crippen molar-refractivity contribution in [2.45, 2.75) is 0 Å². The van der Waals surface area contributed by atoms with Crippen molar-refractivity contribution in [2.75, 3.05) is 0 Å². The van der Waals surface area contributed by atoms with Gasteiger partial charge in [0, 0.05) is 0 Å². The number of hydrogen-bond donors (Lipinski definition) is 1. The fraction of sp³-hybridized carbons (Fsp3) is 0. The van der Waals surface area contributed by atoms with Gasteiger partial charge < -0.3 is 20.8 Å². The minimum Gasteiger partial charge on any atom is -1.00 e. The van der Waals surface area contributed by atoms with Gasteiger partial charge in [0.05, 0.1) is 0 Å². The van der Waals surface area contributed by atoms with Crippen molar-refractivity contribution in [3.63, 3.8) is 0 Å². The van der Waals surface area contributed by atoms with Gasteiger partial charge in [-0.25, -0.2) is 0 Å². The van der Waals surface area contributed by atoms with Crippen LogP contribution in [0.1, 0.15) is 0 Å². The Hall–Kier alpha value is 2.29. The maximum atomic E-state index is 8.63. The monoisotopic (exact) mass is 202 g/mol. The van der Waals surface area contributed by atoms with Crippen LogP contribution in [0.15, 0.2) is 0 Å². The van der Waals surface area contributed by atoms with Crippen molar-refractivity contribution in [3.8, 4) is 0 Å². The molecule has 0 aromatic heterocycles. The average molecular weight is 203 g/mol. The first-order valence-corrected chi connectivity index (χ1v) is 2.48. The predicted molar refractivity (Wildman–Crippen MR) is 2.22 cm³/mol. The molecule has 0 rings (SSSR count). The molecule has 0 aromatic carbocycles. The van der Waals surface area contributed by atoms with Crippen LogP contribution in [0.2, 0.25) is 0 Å². The van der Waals surface area contributed by atoms with E-state index in [1.54, 1.807) is 0 Å². The van der Waals surface area contributed by atoms with E-state index in [2.05, 4.69) is 0 Å². The molecule has 0 fully saturated rings. The summed E-state index contributed by atoms with van der Waals surface area (Å²) in [5, 5.41) is 0. The van der Waals surface area contributed by atoms with Crippen LogP contribution in [0.5, 0.6) is 0 Å². The molecular formula is HBrClKO3. The Kier molecular flexibility index (Phi) is 27.0. The zero-order valence-electron chi connectivity index (χ0n) is 3.02. The van der Waals surface area contributed by atoms with Crippen LogP contribution in [-0.4, -0.2) is 4.20 Å². The van der Waals surface area contributed by atoms with E-state index in [9.17, 15) is 0 Å². The Morgan fingerprint density at radius 1 is 1.33 bits per heavy atom. The van der Waals surface area contributed by atoms with Crippen molar-refractivity contribution in [3.05, 3.63) is 0 Å². The largest absolute Gasteiger partial charge is 1.00 e. The number of rotatable bonds is 0. The van der Waals surface area contributed by atoms with E-state index in [0.29, 0.717) is 0 Å². The third-order valence-corrected chi connectivity index (χ3v) is 0. The minimum atomic E-state index is -3.40.